The smallest absolute Gasteiger partial charge is 0.266 e. The molecule has 1 aliphatic heterocycles. The van der Waals surface area contributed by atoms with Crippen molar-refractivity contribution in [2.45, 2.75) is 6.42 Å². The van der Waals surface area contributed by atoms with Crippen molar-refractivity contribution in [2.75, 3.05) is 20.3 Å². The highest BCUT2D eigenvalue weighted by Crippen LogP contribution is 2.33. The minimum atomic E-state index is -0.0155. The maximum Gasteiger partial charge on any atom is 0.266 e. The highest BCUT2D eigenvalue weighted by Gasteiger charge is 2.31. The summed E-state index contributed by atoms with van der Waals surface area (Å²) in [5.74, 6) is -0.0155. The van der Waals surface area contributed by atoms with Gasteiger partial charge < -0.3 is 4.74 Å². The molecule has 1 fully saturated rings. The minimum Gasteiger partial charge on any atom is -0.385 e. The van der Waals surface area contributed by atoms with E-state index in [1.165, 1.54) is 17.3 Å². The molecule has 0 saturated carbocycles. The summed E-state index contributed by atoms with van der Waals surface area (Å²) in [6.45, 7) is 1.22. The maximum absolute atomic E-state index is 12.5. The van der Waals surface area contributed by atoms with Crippen LogP contribution in [-0.2, 0) is 9.53 Å². The Bertz CT molecular complexity index is 785. The standard InChI is InChI=1S/C20H19NO2S2/c1-23-13-5-12-21-19(22)18(25-20(21)24)14-15-8-10-17(11-9-15)16-6-3-2-4-7-16/h2-4,6-11,14H,5,12-13H2,1H3/b18-14-. The van der Waals surface area contributed by atoms with Crippen LogP contribution in [0.4, 0.5) is 0 Å². The molecule has 5 heteroatoms. The molecule has 0 aromatic heterocycles. The highest BCUT2D eigenvalue weighted by molar-refractivity contribution is 8.26. The zero-order valence-electron chi connectivity index (χ0n) is 14.0. The van der Waals surface area contributed by atoms with Gasteiger partial charge in [-0.2, -0.15) is 0 Å². The number of hydrogen-bond donors (Lipinski definition) is 0. The topological polar surface area (TPSA) is 29.5 Å². The van der Waals surface area contributed by atoms with Gasteiger partial charge in [-0.25, -0.2) is 0 Å². The number of nitrogens with zero attached hydrogens (tertiary/aromatic N) is 1. The first-order valence-electron chi connectivity index (χ1n) is 8.09. The fraction of sp³-hybridized carbons (Fsp3) is 0.200. The maximum atomic E-state index is 12.5. The predicted octanol–water partition coefficient (Wildman–Crippen LogP) is 4.59. The van der Waals surface area contributed by atoms with Crippen LogP contribution in [0.15, 0.2) is 59.5 Å². The van der Waals surface area contributed by atoms with E-state index >= 15 is 0 Å². The quantitative estimate of drug-likeness (QED) is 0.423. The number of benzene rings is 2. The Hall–Kier alpha value is -1.95. The molecular weight excluding hydrogens is 350 g/mol. The lowest BCUT2D eigenvalue weighted by molar-refractivity contribution is -0.122. The molecule has 128 valence electrons. The fourth-order valence-corrected chi connectivity index (χ4v) is 3.92. The zero-order chi connectivity index (χ0) is 17.6. The van der Waals surface area contributed by atoms with Crippen LogP contribution >= 0.6 is 24.0 Å². The number of amides is 1. The van der Waals surface area contributed by atoms with Crippen molar-refractivity contribution in [3.63, 3.8) is 0 Å². The molecule has 2 aromatic carbocycles. The van der Waals surface area contributed by atoms with Crippen LogP contribution in [0.25, 0.3) is 17.2 Å². The van der Waals surface area contributed by atoms with Gasteiger partial charge in [0.1, 0.15) is 4.32 Å². The van der Waals surface area contributed by atoms with Gasteiger partial charge in [-0.1, -0.05) is 78.6 Å². The van der Waals surface area contributed by atoms with Gasteiger partial charge in [0.2, 0.25) is 0 Å². The molecule has 3 nitrogen and oxygen atoms in total. The first-order valence-corrected chi connectivity index (χ1v) is 9.31. The first-order chi connectivity index (χ1) is 12.2. The summed E-state index contributed by atoms with van der Waals surface area (Å²) < 4.78 is 5.66. The van der Waals surface area contributed by atoms with E-state index in [0.29, 0.717) is 22.4 Å². The Balaban J connectivity index is 1.72. The van der Waals surface area contributed by atoms with Crippen molar-refractivity contribution >= 4 is 40.3 Å². The lowest BCUT2D eigenvalue weighted by Gasteiger charge is -2.13. The average molecular weight is 370 g/mol. The minimum absolute atomic E-state index is 0.0155. The van der Waals surface area contributed by atoms with Crippen LogP contribution in [0.5, 0.6) is 0 Å². The van der Waals surface area contributed by atoms with Crippen molar-refractivity contribution in [1.29, 1.82) is 0 Å². The molecular formula is C20H19NO2S2. The molecule has 0 spiro atoms. The largest absolute Gasteiger partial charge is 0.385 e. The monoisotopic (exact) mass is 369 g/mol. The van der Waals surface area contributed by atoms with Crippen LogP contribution in [0.3, 0.4) is 0 Å². The molecule has 3 rings (SSSR count). The number of hydrogen-bond acceptors (Lipinski definition) is 4. The fourth-order valence-electron chi connectivity index (χ4n) is 2.61. The first kappa shape index (κ1) is 17.9. The molecule has 1 saturated heterocycles. The Morgan fingerprint density at radius 3 is 2.44 bits per heavy atom. The predicted molar refractivity (Wildman–Crippen MR) is 108 cm³/mol. The van der Waals surface area contributed by atoms with Gasteiger partial charge >= 0.3 is 0 Å². The molecule has 0 atom stereocenters. The molecule has 1 aliphatic rings. The molecule has 0 bridgehead atoms. The van der Waals surface area contributed by atoms with Crippen LogP contribution in [0.2, 0.25) is 0 Å². The lowest BCUT2D eigenvalue weighted by Crippen LogP contribution is -2.29. The normalized spacial score (nSPS) is 16.0. The van der Waals surface area contributed by atoms with E-state index in [9.17, 15) is 4.79 Å². The van der Waals surface area contributed by atoms with Crippen LogP contribution in [-0.4, -0.2) is 35.4 Å². The molecule has 0 aliphatic carbocycles. The van der Waals surface area contributed by atoms with Gasteiger partial charge in [0.05, 0.1) is 4.91 Å². The second kappa shape index (κ2) is 8.43. The molecule has 1 heterocycles. The summed E-state index contributed by atoms with van der Waals surface area (Å²) in [5, 5.41) is 0. The van der Waals surface area contributed by atoms with Gasteiger partial charge in [-0.15, -0.1) is 0 Å². The molecule has 25 heavy (non-hydrogen) atoms. The highest BCUT2D eigenvalue weighted by atomic mass is 32.2. The number of rotatable bonds is 6. The van der Waals surface area contributed by atoms with Crippen molar-refractivity contribution in [3.8, 4) is 11.1 Å². The summed E-state index contributed by atoms with van der Waals surface area (Å²) in [7, 11) is 1.66. The van der Waals surface area contributed by atoms with Crippen molar-refractivity contribution in [3.05, 3.63) is 65.1 Å². The number of ether oxygens (including phenoxy) is 1. The number of methoxy groups -OCH3 is 1. The van der Waals surface area contributed by atoms with E-state index < -0.39 is 0 Å². The van der Waals surface area contributed by atoms with Crippen LogP contribution in [0.1, 0.15) is 12.0 Å². The second-order valence-electron chi connectivity index (χ2n) is 5.67. The van der Waals surface area contributed by atoms with E-state index in [1.807, 2.05) is 36.4 Å². The van der Waals surface area contributed by atoms with Gasteiger partial charge in [0.25, 0.3) is 5.91 Å². The summed E-state index contributed by atoms with van der Waals surface area (Å²) in [6, 6.07) is 18.4. The summed E-state index contributed by atoms with van der Waals surface area (Å²) in [4.78, 5) is 14.8. The summed E-state index contributed by atoms with van der Waals surface area (Å²) in [6.07, 6.45) is 2.69. The van der Waals surface area contributed by atoms with Crippen molar-refractivity contribution in [1.82, 2.24) is 4.90 Å². The zero-order valence-corrected chi connectivity index (χ0v) is 15.6. The van der Waals surface area contributed by atoms with Crippen LogP contribution in [0, 0.1) is 0 Å². The van der Waals surface area contributed by atoms with E-state index in [-0.39, 0.29) is 5.91 Å². The Morgan fingerprint density at radius 2 is 1.76 bits per heavy atom. The van der Waals surface area contributed by atoms with Crippen molar-refractivity contribution in [2.24, 2.45) is 0 Å². The van der Waals surface area contributed by atoms with E-state index in [0.717, 1.165) is 17.5 Å². The number of carbonyl (C=O) groups is 1. The Morgan fingerprint density at radius 1 is 1.08 bits per heavy atom. The van der Waals surface area contributed by atoms with Gasteiger partial charge in [-0.3, -0.25) is 9.69 Å². The van der Waals surface area contributed by atoms with E-state index in [4.69, 9.17) is 17.0 Å². The van der Waals surface area contributed by atoms with Gasteiger partial charge in [0.15, 0.2) is 0 Å². The second-order valence-corrected chi connectivity index (χ2v) is 7.34. The van der Waals surface area contributed by atoms with E-state index in [1.54, 1.807) is 12.0 Å². The number of carbonyl (C=O) groups excluding carboxylic acids is 1. The Kier molecular flexibility index (Phi) is 6.02. The third-order valence-electron chi connectivity index (χ3n) is 3.92. The van der Waals surface area contributed by atoms with Gasteiger partial charge in [-0.05, 0) is 29.2 Å². The van der Waals surface area contributed by atoms with E-state index in [2.05, 4.69) is 24.3 Å². The summed E-state index contributed by atoms with van der Waals surface area (Å²) in [5.41, 5.74) is 3.33. The van der Waals surface area contributed by atoms with Crippen LogP contribution < -0.4 is 0 Å². The van der Waals surface area contributed by atoms with Gasteiger partial charge in [0, 0.05) is 20.3 Å². The Labute approximate surface area is 157 Å². The SMILES string of the molecule is COCCCN1C(=O)/C(=C/c2ccc(-c3ccccc3)cc2)SC1=S. The number of thioether (sulfide) groups is 1. The average Bonchev–Trinajstić information content (AvgIpc) is 2.90. The molecule has 0 N–H and O–H groups in total. The van der Waals surface area contributed by atoms with Crippen molar-refractivity contribution < 1.29 is 9.53 Å². The third kappa shape index (κ3) is 4.37. The summed E-state index contributed by atoms with van der Waals surface area (Å²) >= 11 is 6.69. The lowest BCUT2D eigenvalue weighted by atomic mass is 10.0. The molecule has 0 unspecified atom stereocenters. The number of thiocarbonyl (C=S) groups is 1. The third-order valence-corrected chi connectivity index (χ3v) is 5.30. The molecule has 1 amide bonds. The molecule has 2 aromatic rings. The molecule has 0 radical (unpaired) electrons.